The molecule has 2 amide bonds. The molecular weight excluding hydrogens is 450 g/mol. The molecule has 1 unspecified atom stereocenters. The van der Waals surface area contributed by atoms with Gasteiger partial charge >= 0.3 is 0 Å². The zero-order valence-corrected chi connectivity index (χ0v) is 20.2. The van der Waals surface area contributed by atoms with Crippen LogP contribution in [0, 0.1) is 0 Å². The number of hydrogen-bond donors (Lipinski definition) is 1. The number of benzene rings is 2. The lowest BCUT2D eigenvalue weighted by Crippen LogP contribution is -2.48. The maximum absolute atomic E-state index is 13.1. The fraction of sp³-hybridized carbons (Fsp3) is 0.391. The number of carbonyl (C=O) groups is 2. The molecule has 7 nitrogen and oxygen atoms in total. The van der Waals surface area contributed by atoms with Crippen LogP contribution in [0.5, 0.6) is 0 Å². The summed E-state index contributed by atoms with van der Waals surface area (Å²) in [5.41, 5.74) is 1.41. The Morgan fingerprint density at radius 3 is 2.22 bits per heavy atom. The van der Waals surface area contributed by atoms with E-state index < -0.39 is 16.1 Å². The van der Waals surface area contributed by atoms with Crippen LogP contribution in [0.4, 0.5) is 5.69 Å². The van der Waals surface area contributed by atoms with Crippen LogP contribution >= 0.6 is 11.6 Å². The highest BCUT2D eigenvalue weighted by molar-refractivity contribution is 7.92. The average Bonchev–Trinajstić information content (AvgIpc) is 2.77. The smallest absolute Gasteiger partial charge is 0.242 e. The summed E-state index contributed by atoms with van der Waals surface area (Å²) in [5.74, 6) is -0.426. The largest absolute Gasteiger partial charge is 0.357 e. The van der Waals surface area contributed by atoms with Gasteiger partial charge in [0.05, 0.1) is 11.9 Å². The van der Waals surface area contributed by atoms with Crippen LogP contribution in [-0.4, -0.2) is 51.0 Å². The monoisotopic (exact) mass is 479 g/mol. The van der Waals surface area contributed by atoms with Gasteiger partial charge in [-0.05, 0) is 42.7 Å². The Morgan fingerprint density at radius 1 is 1.06 bits per heavy atom. The lowest BCUT2D eigenvalue weighted by atomic mass is 10.1. The molecule has 0 aliphatic carbocycles. The van der Waals surface area contributed by atoms with Crippen LogP contribution in [0.1, 0.15) is 31.7 Å². The third-order valence-corrected chi connectivity index (χ3v) is 6.54. The standard InChI is InChI=1S/C23H30ClN3O4S/c1-4-21(23(29)25-2)26(17-18-9-6-5-7-10-18)22(28)11-8-16-27(32(3,30)31)20-14-12-19(24)13-15-20/h5-7,9-10,12-15,21H,4,8,11,16-17H2,1-3H3,(H,25,29). The first-order valence-electron chi connectivity index (χ1n) is 10.5. The number of sulfonamides is 1. The van der Waals surface area contributed by atoms with Gasteiger partial charge in [-0.2, -0.15) is 0 Å². The number of hydrogen-bond acceptors (Lipinski definition) is 4. The van der Waals surface area contributed by atoms with Crippen molar-refractivity contribution in [2.45, 2.75) is 38.8 Å². The number of nitrogens with one attached hydrogen (secondary N) is 1. The number of likely N-dealkylation sites (N-methyl/N-ethyl adjacent to an activating group) is 1. The van der Waals surface area contributed by atoms with E-state index in [1.807, 2.05) is 37.3 Å². The van der Waals surface area contributed by atoms with Gasteiger partial charge in [-0.15, -0.1) is 0 Å². The van der Waals surface area contributed by atoms with E-state index in [0.29, 0.717) is 30.1 Å². The van der Waals surface area contributed by atoms with Crippen molar-refractivity contribution < 1.29 is 18.0 Å². The predicted octanol–water partition coefficient (Wildman–Crippen LogP) is 3.44. The minimum Gasteiger partial charge on any atom is -0.357 e. The summed E-state index contributed by atoms with van der Waals surface area (Å²) < 4.78 is 25.8. The Bertz CT molecular complexity index is 998. The van der Waals surface area contributed by atoms with Gasteiger partial charge in [0.2, 0.25) is 21.8 Å². The van der Waals surface area contributed by atoms with Crippen LogP contribution < -0.4 is 9.62 Å². The fourth-order valence-corrected chi connectivity index (χ4v) is 4.57. The molecule has 1 N–H and O–H groups in total. The molecule has 0 saturated carbocycles. The van der Waals surface area contributed by atoms with E-state index in [-0.39, 0.29) is 24.8 Å². The van der Waals surface area contributed by atoms with Crippen LogP contribution in [-0.2, 0) is 26.2 Å². The molecule has 32 heavy (non-hydrogen) atoms. The SMILES string of the molecule is CCC(C(=O)NC)N(Cc1ccccc1)C(=O)CCCN(c1ccc(Cl)cc1)S(C)(=O)=O. The van der Waals surface area contributed by atoms with Gasteiger partial charge < -0.3 is 10.2 Å². The molecule has 0 saturated heterocycles. The van der Waals surface area contributed by atoms with Gasteiger partial charge in [-0.3, -0.25) is 13.9 Å². The normalized spacial score (nSPS) is 12.1. The third kappa shape index (κ3) is 7.24. The molecule has 2 aromatic rings. The summed E-state index contributed by atoms with van der Waals surface area (Å²) in [5, 5.41) is 3.13. The van der Waals surface area contributed by atoms with Gasteiger partial charge in [0.1, 0.15) is 6.04 Å². The zero-order valence-electron chi connectivity index (χ0n) is 18.6. The minimum atomic E-state index is -3.53. The van der Waals surface area contributed by atoms with Crippen LogP contribution in [0.2, 0.25) is 5.02 Å². The Balaban J connectivity index is 2.15. The Labute approximate surface area is 195 Å². The van der Waals surface area contributed by atoms with Crippen molar-refractivity contribution >= 4 is 39.1 Å². The average molecular weight is 480 g/mol. The molecule has 0 spiro atoms. The molecule has 1 atom stereocenters. The summed E-state index contributed by atoms with van der Waals surface area (Å²) >= 11 is 5.91. The molecule has 0 bridgehead atoms. The molecule has 2 aromatic carbocycles. The second kappa shape index (κ2) is 11.9. The van der Waals surface area contributed by atoms with E-state index in [1.54, 1.807) is 36.2 Å². The fourth-order valence-electron chi connectivity index (χ4n) is 3.48. The summed E-state index contributed by atoms with van der Waals surface area (Å²) in [6.45, 7) is 2.30. The highest BCUT2D eigenvalue weighted by Crippen LogP contribution is 2.21. The van der Waals surface area contributed by atoms with Crippen LogP contribution in [0.3, 0.4) is 0 Å². The lowest BCUT2D eigenvalue weighted by molar-refractivity contribution is -0.141. The topological polar surface area (TPSA) is 86.8 Å². The maximum Gasteiger partial charge on any atom is 0.242 e. The Hall–Kier alpha value is -2.58. The van der Waals surface area contributed by atoms with E-state index in [2.05, 4.69) is 5.32 Å². The summed E-state index contributed by atoms with van der Waals surface area (Å²) in [6, 6.07) is 15.4. The van der Waals surface area contributed by atoms with Crippen LogP contribution in [0.15, 0.2) is 54.6 Å². The predicted molar refractivity (Wildman–Crippen MR) is 128 cm³/mol. The first kappa shape index (κ1) is 25.7. The summed E-state index contributed by atoms with van der Waals surface area (Å²) in [4.78, 5) is 27.1. The van der Waals surface area contributed by atoms with Gasteiger partial charge in [0.25, 0.3) is 0 Å². The van der Waals surface area contributed by atoms with Crippen molar-refractivity contribution in [3.8, 4) is 0 Å². The van der Waals surface area contributed by atoms with E-state index in [9.17, 15) is 18.0 Å². The number of halogens is 1. The van der Waals surface area contributed by atoms with Crippen molar-refractivity contribution in [3.63, 3.8) is 0 Å². The number of carbonyl (C=O) groups excluding carboxylic acids is 2. The molecule has 0 aromatic heterocycles. The molecule has 174 valence electrons. The van der Waals surface area contributed by atoms with Crippen LogP contribution in [0.25, 0.3) is 0 Å². The van der Waals surface area contributed by atoms with Crippen molar-refractivity contribution in [3.05, 3.63) is 65.2 Å². The van der Waals surface area contributed by atoms with Crippen molar-refractivity contribution in [2.24, 2.45) is 0 Å². The van der Waals surface area contributed by atoms with Gasteiger partial charge in [-0.25, -0.2) is 8.42 Å². The molecular formula is C23H30ClN3O4S. The van der Waals surface area contributed by atoms with Crippen molar-refractivity contribution in [1.82, 2.24) is 10.2 Å². The van der Waals surface area contributed by atoms with E-state index in [1.165, 1.54) is 4.31 Å². The molecule has 2 rings (SSSR count). The quantitative estimate of drug-likeness (QED) is 0.534. The number of rotatable bonds is 11. The van der Waals surface area contributed by atoms with Gasteiger partial charge in [0, 0.05) is 31.6 Å². The van der Waals surface area contributed by atoms with Gasteiger partial charge in [0.15, 0.2) is 0 Å². The third-order valence-electron chi connectivity index (χ3n) is 5.09. The molecule has 0 heterocycles. The van der Waals surface area contributed by atoms with Gasteiger partial charge in [-0.1, -0.05) is 48.9 Å². The maximum atomic E-state index is 13.1. The molecule has 9 heteroatoms. The number of anilines is 1. The first-order valence-corrected chi connectivity index (χ1v) is 12.7. The van der Waals surface area contributed by atoms with Crippen molar-refractivity contribution in [1.29, 1.82) is 0 Å². The highest BCUT2D eigenvalue weighted by Gasteiger charge is 2.28. The van der Waals surface area contributed by atoms with E-state index >= 15 is 0 Å². The number of amides is 2. The van der Waals surface area contributed by atoms with E-state index in [4.69, 9.17) is 11.6 Å². The Kier molecular flexibility index (Phi) is 9.53. The Morgan fingerprint density at radius 2 is 1.69 bits per heavy atom. The van der Waals surface area contributed by atoms with Crippen molar-refractivity contribution in [2.75, 3.05) is 24.2 Å². The highest BCUT2D eigenvalue weighted by atomic mass is 35.5. The second-order valence-corrected chi connectivity index (χ2v) is 9.80. The molecule has 0 aliphatic heterocycles. The second-order valence-electron chi connectivity index (χ2n) is 7.46. The summed E-state index contributed by atoms with van der Waals surface area (Å²) in [6.07, 6.45) is 2.02. The number of nitrogens with zero attached hydrogens (tertiary/aromatic N) is 2. The lowest BCUT2D eigenvalue weighted by Gasteiger charge is -2.30. The first-order chi connectivity index (χ1) is 15.2. The minimum absolute atomic E-state index is 0.111. The molecule has 0 fully saturated rings. The van der Waals surface area contributed by atoms with E-state index in [0.717, 1.165) is 11.8 Å². The molecule has 0 radical (unpaired) electrons. The zero-order chi connectivity index (χ0) is 23.7. The summed E-state index contributed by atoms with van der Waals surface area (Å²) in [7, 11) is -1.99. The molecule has 0 aliphatic rings.